The second kappa shape index (κ2) is 5.33. The average molecular weight is 170 g/mol. The fourth-order valence-electron chi connectivity index (χ4n) is 1.33. The molecule has 12 heavy (non-hydrogen) atoms. The standard InChI is InChI=1S/C10H18O2/c1-3-4-5-6-10-7-8-11-9(2)12-10/h4-5,9-10H,3,6-8H2,1-2H3/b5-4-/t9-,10-/m1/s1. The predicted octanol–water partition coefficient (Wildman–Crippen LogP) is 2.49. The van der Waals surface area contributed by atoms with Crippen molar-refractivity contribution in [1.82, 2.24) is 0 Å². The maximum atomic E-state index is 5.56. The molecule has 1 fully saturated rings. The van der Waals surface area contributed by atoms with E-state index < -0.39 is 0 Å². The zero-order valence-electron chi connectivity index (χ0n) is 7.95. The Hall–Kier alpha value is -0.340. The van der Waals surface area contributed by atoms with Gasteiger partial charge in [-0.2, -0.15) is 0 Å². The van der Waals surface area contributed by atoms with E-state index in [4.69, 9.17) is 9.47 Å². The van der Waals surface area contributed by atoms with Crippen LogP contribution in [0, 0.1) is 0 Å². The van der Waals surface area contributed by atoms with E-state index in [-0.39, 0.29) is 6.29 Å². The summed E-state index contributed by atoms with van der Waals surface area (Å²) in [4.78, 5) is 0. The molecule has 1 aliphatic heterocycles. The number of allylic oxidation sites excluding steroid dienone is 1. The molecule has 0 aromatic rings. The van der Waals surface area contributed by atoms with E-state index in [0.717, 1.165) is 25.9 Å². The third-order valence-electron chi connectivity index (χ3n) is 1.98. The van der Waals surface area contributed by atoms with Gasteiger partial charge in [-0.3, -0.25) is 0 Å². The van der Waals surface area contributed by atoms with Crippen molar-refractivity contribution in [3.63, 3.8) is 0 Å². The molecule has 70 valence electrons. The van der Waals surface area contributed by atoms with Gasteiger partial charge in [-0.25, -0.2) is 0 Å². The van der Waals surface area contributed by atoms with Crippen molar-refractivity contribution in [2.45, 2.75) is 45.5 Å². The van der Waals surface area contributed by atoms with Gasteiger partial charge in [0.15, 0.2) is 6.29 Å². The molecule has 0 amide bonds. The molecule has 2 atom stereocenters. The highest BCUT2D eigenvalue weighted by Gasteiger charge is 2.17. The number of ether oxygens (including phenoxy) is 2. The summed E-state index contributed by atoms with van der Waals surface area (Å²) in [6.45, 7) is 4.94. The molecule has 0 aromatic carbocycles. The van der Waals surface area contributed by atoms with Crippen molar-refractivity contribution in [3.05, 3.63) is 12.2 Å². The van der Waals surface area contributed by atoms with Gasteiger partial charge in [0.05, 0.1) is 12.7 Å². The van der Waals surface area contributed by atoms with Gasteiger partial charge in [0.25, 0.3) is 0 Å². The van der Waals surface area contributed by atoms with Crippen LogP contribution < -0.4 is 0 Å². The van der Waals surface area contributed by atoms with Gasteiger partial charge in [-0.1, -0.05) is 19.1 Å². The van der Waals surface area contributed by atoms with Gasteiger partial charge in [0.2, 0.25) is 0 Å². The Morgan fingerprint density at radius 3 is 2.92 bits per heavy atom. The first-order valence-corrected chi connectivity index (χ1v) is 4.75. The molecule has 1 heterocycles. The molecule has 0 aliphatic carbocycles. The molecule has 2 nitrogen and oxygen atoms in total. The van der Waals surface area contributed by atoms with E-state index in [0.29, 0.717) is 6.10 Å². The van der Waals surface area contributed by atoms with E-state index in [1.54, 1.807) is 0 Å². The fraction of sp³-hybridized carbons (Fsp3) is 0.800. The van der Waals surface area contributed by atoms with Crippen LogP contribution in [0.4, 0.5) is 0 Å². The van der Waals surface area contributed by atoms with Gasteiger partial charge < -0.3 is 9.47 Å². The SMILES string of the molecule is CC/C=C\C[C@@H]1CCO[C@@H](C)O1. The van der Waals surface area contributed by atoms with Gasteiger partial charge >= 0.3 is 0 Å². The summed E-state index contributed by atoms with van der Waals surface area (Å²) in [7, 11) is 0. The Morgan fingerprint density at radius 1 is 1.42 bits per heavy atom. The van der Waals surface area contributed by atoms with Crippen LogP contribution in [0.3, 0.4) is 0 Å². The number of rotatable bonds is 3. The zero-order valence-corrected chi connectivity index (χ0v) is 7.95. The van der Waals surface area contributed by atoms with E-state index >= 15 is 0 Å². The summed E-state index contributed by atoms with van der Waals surface area (Å²) in [5, 5.41) is 0. The van der Waals surface area contributed by atoms with Gasteiger partial charge in [-0.05, 0) is 26.2 Å². The molecular formula is C10H18O2. The topological polar surface area (TPSA) is 18.5 Å². The van der Waals surface area contributed by atoms with E-state index in [1.165, 1.54) is 0 Å². The van der Waals surface area contributed by atoms with Crippen molar-refractivity contribution in [3.8, 4) is 0 Å². The lowest BCUT2D eigenvalue weighted by Gasteiger charge is -2.27. The molecule has 0 radical (unpaired) electrons. The van der Waals surface area contributed by atoms with E-state index in [9.17, 15) is 0 Å². The highest BCUT2D eigenvalue weighted by molar-refractivity contribution is 4.84. The van der Waals surface area contributed by atoms with Gasteiger partial charge in [0.1, 0.15) is 0 Å². The Morgan fingerprint density at radius 2 is 2.25 bits per heavy atom. The molecule has 0 unspecified atom stereocenters. The lowest BCUT2D eigenvalue weighted by Crippen LogP contribution is -2.29. The Kier molecular flexibility index (Phi) is 4.33. The van der Waals surface area contributed by atoms with Crippen LogP contribution in [-0.2, 0) is 9.47 Å². The number of hydrogen-bond donors (Lipinski definition) is 0. The maximum absolute atomic E-state index is 5.56. The summed E-state index contributed by atoms with van der Waals surface area (Å²) >= 11 is 0. The molecule has 0 N–H and O–H groups in total. The first kappa shape index (κ1) is 9.75. The Balaban J connectivity index is 2.18. The molecular weight excluding hydrogens is 152 g/mol. The first-order chi connectivity index (χ1) is 5.83. The highest BCUT2D eigenvalue weighted by Crippen LogP contribution is 2.15. The summed E-state index contributed by atoms with van der Waals surface area (Å²) in [6, 6.07) is 0. The third-order valence-corrected chi connectivity index (χ3v) is 1.98. The lowest BCUT2D eigenvalue weighted by molar-refractivity contribution is -0.201. The van der Waals surface area contributed by atoms with Crippen molar-refractivity contribution in [1.29, 1.82) is 0 Å². The second-order valence-electron chi connectivity index (χ2n) is 3.10. The van der Waals surface area contributed by atoms with Crippen LogP contribution >= 0.6 is 0 Å². The average Bonchev–Trinajstić information content (AvgIpc) is 2.05. The molecule has 2 heteroatoms. The zero-order chi connectivity index (χ0) is 8.81. The van der Waals surface area contributed by atoms with E-state index in [1.807, 2.05) is 6.92 Å². The maximum Gasteiger partial charge on any atom is 0.155 e. The highest BCUT2D eigenvalue weighted by atomic mass is 16.7. The van der Waals surface area contributed by atoms with Crippen molar-refractivity contribution < 1.29 is 9.47 Å². The van der Waals surface area contributed by atoms with Crippen molar-refractivity contribution >= 4 is 0 Å². The normalized spacial score (nSPS) is 31.2. The Labute approximate surface area is 74.6 Å². The van der Waals surface area contributed by atoms with E-state index in [2.05, 4.69) is 19.1 Å². The molecule has 1 rings (SSSR count). The summed E-state index contributed by atoms with van der Waals surface area (Å²) in [6.07, 6.45) is 7.90. The summed E-state index contributed by atoms with van der Waals surface area (Å²) < 4.78 is 10.8. The molecule has 0 bridgehead atoms. The van der Waals surface area contributed by atoms with Crippen LogP contribution in [0.2, 0.25) is 0 Å². The van der Waals surface area contributed by atoms with Gasteiger partial charge in [-0.15, -0.1) is 0 Å². The van der Waals surface area contributed by atoms with Crippen LogP contribution in [0.1, 0.15) is 33.1 Å². The minimum Gasteiger partial charge on any atom is -0.353 e. The van der Waals surface area contributed by atoms with Gasteiger partial charge in [0, 0.05) is 0 Å². The monoisotopic (exact) mass is 170 g/mol. The molecule has 0 saturated carbocycles. The largest absolute Gasteiger partial charge is 0.353 e. The smallest absolute Gasteiger partial charge is 0.155 e. The Bertz CT molecular complexity index is 143. The minimum absolute atomic E-state index is 0.0150. The van der Waals surface area contributed by atoms with Crippen LogP contribution in [0.25, 0.3) is 0 Å². The van der Waals surface area contributed by atoms with Crippen molar-refractivity contribution in [2.24, 2.45) is 0 Å². The lowest BCUT2D eigenvalue weighted by atomic mass is 10.1. The van der Waals surface area contributed by atoms with Crippen LogP contribution in [0.5, 0.6) is 0 Å². The summed E-state index contributed by atoms with van der Waals surface area (Å²) in [5.74, 6) is 0. The molecule has 1 aliphatic rings. The van der Waals surface area contributed by atoms with Crippen LogP contribution in [0.15, 0.2) is 12.2 Å². The number of hydrogen-bond acceptors (Lipinski definition) is 2. The molecule has 0 spiro atoms. The molecule has 1 saturated heterocycles. The second-order valence-corrected chi connectivity index (χ2v) is 3.10. The third kappa shape index (κ3) is 3.37. The first-order valence-electron chi connectivity index (χ1n) is 4.75. The fourth-order valence-corrected chi connectivity index (χ4v) is 1.33. The minimum atomic E-state index is -0.0150. The molecule has 0 aromatic heterocycles. The predicted molar refractivity (Wildman–Crippen MR) is 49.0 cm³/mol. The van der Waals surface area contributed by atoms with Crippen LogP contribution in [-0.4, -0.2) is 19.0 Å². The van der Waals surface area contributed by atoms with Crippen molar-refractivity contribution in [2.75, 3.05) is 6.61 Å². The summed E-state index contributed by atoms with van der Waals surface area (Å²) in [5.41, 5.74) is 0. The quantitative estimate of drug-likeness (QED) is 0.606.